The topological polar surface area (TPSA) is 144 Å². The molecule has 0 bridgehead atoms. The Bertz CT molecular complexity index is 1030. The fraction of sp³-hybridized carbons (Fsp3) is 0.0500. The fourth-order valence-corrected chi connectivity index (χ4v) is 2.71. The number of aromatic nitrogens is 1. The van der Waals surface area contributed by atoms with Crippen molar-refractivity contribution >= 4 is 34.4 Å². The Morgan fingerprint density at radius 2 is 1.59 bits per heavy atom. The number of anilines is 4. The normalized spacial score (nSPS) is 10.4. The molecule has 1 heterocycles. The first-order chi connectivity index (χ1) is 12.9. The van der Waals surface area contributed by atoms with Crippen LogP contribution in [0.5, 0.6) is 0 Å². The number of nitrogen functional groups attached to an aromatic ring is 3. The van der Waals surface area contributed by atoms with Gasteiger partial charge in [-0.15, -0.1) is 0 Å². The summed E-state index contributed by atoms with van der Waals surface area (Å²) in [6.07, 6.45) is 3.22. The van der Waals surface area contributed by atoms with Gasteiger partial charge in [-0.25, -0.2) is 0 Å². The van der Waals surface area contributed by atoms with E-state index in [1.807, 2.05) is 0 Å². The van der Waals surface area contributed by atoms with E-state index in [1.54, 1.807) is 61.8 Å². The van der Waals surface area contributed by atoms with E-state index in [2.05, 4.69) is 10.3 Å². The number of hydrogen-bond acceptors (Lipinski definition) is 6. The van der Waals surface area contributed by atoms with E-state index in [1.165, 1.54) is 0 Å². The number of rotatable bonds is 4. The number of pyridine rings is 1. The number of carbonyl (C=O) groups excluding carboxylic acids is 1. The van der Waals surface area contributed by atoms with Gasteiger partial charge in [0.15, 0.2) is 0 Å². The zero-order valence-electron chi connectivity index (χ0n) is 14.8. The number of amides is 1. The molecule has 0 saturated heterocycles. The summed E-state index contributed by atoms with van der Waals surface area (Å²) in [5, 5.41) is 11.2. The second-order valence-electron chi connectivity index (χ2n) is 6.16. The van der Waals surface area contributed by atoms with Gasteiger partial charge >= 0.3 is 0 Å². The third-order valence-corrected chi connectivity index (χ3v) is 4.22. The summed E-state index contributed by atoms with van der Waals surface area (Å²) in [5.74, 6) is -0.314. The number of nitrogens with zero attached hydrogens (tertiary/aromatic N) is 1. The third-order valence-electron chi connectivity index (χ3n) is 4.22. The molecule has 27 heavy (non-hydrogen) atoms. The Kier molecular flexibility index (Phi) is 4.76. The average molecular weight is 360 g/mol. The maximum absolute atomic E-state index is 12.6. The number of nitrogens with one attached hydrogen (secondary N) is 2. The van der Waals surface area contributed by atoms with Crippen LogP contribution < -0.4 is 22.5 Å². The lowest BCUT2D eigenvalue weighted by Crippen LogP contribution is -2.15. The second-order valence-corrected chi connectivity index (χ2v) is 6.16. The van der Waals surface area contributed by atoms with Crippen molar-refractivity contribution in [1.82, 2.24) is 4.98 Å². The molecule has 2 aromatic carbocycles. The van der Waals surface area contributed by atoms with Crippen LogP contribution in [0.15, 0.2) is 54.9 Å². The highest BCUT2D eigenvalue weighted by Gasteiger charge is 2.14. The van der Waals surface area contributed by atoms with Gasteiger partial charge in [0.1, 0.15) is 0 Å². The van der Waals surface area contributed by atoms with Crippen LogP contribution in [0.1, 0.15) is 27.0 Å². The Morgan fingerprint density at radius 3 is 2.30 bits per heavy atom. The first kappa shape index (κ1) is 17.9. The van der Waals surface area contributed by atoms with Crippen LogP contribution in [0.25, 0.3) is 0 Å². The molecule has 0 fully saturated rings. The number of benzene rings is 2. The van der Waals surface area contributed by atoms with Crippen molar-refractivity contribution in [3.05, 3.63) is 77.1 Å². The van der Waals surface area contributed by atoms with Crippen LogP contribution in [0.2, 0.25) is 0 Å². The number of nitrogens with two attached hydrogens (primary N) is 3. The lowest BCUT2D eigenvalue weighted by molar-refractivity contribution is 0.102. The lowest BCUT2D eigenvalue weighted by Gasteiger charge is -2.13. The van der Waals surface area contributed by atoms with Crippen LogP contribution in [-0.2, 0) is 0 Å². The quantitative estimate of drug-likeness (QED) is 0.359. The molecule has 0 atom stereocenters. The molecule has 1 aromatic heterocycles. The molecule has 3 aromatic rings. The summed E-state index contributed by atoms with van der Waals surface area (Å²) < 4.78 is 0. The van der Waals surface area contributed by atoms with Gasteiger partial charge in [-0.1, -0.05) is 0 Å². The molecule has 0 aliphatic rings. The Hall–Kier alpha value is -3.87. The molecular formula is C20H20N6O. The van der Waals surface area contributed by atoms with Gasteiger partial charge in [0, 0.05) is 40.5 Å². The van der Waals surface area contributed by atoms with Crippen molar-refractivity contribution in [2.24, 2.45) is 0 Å². The largest absolute Gasteiger partial charge is 0.398 e. The molecule has 7 heteroatoms. The standard InChI is InChI=1S/C20H20N6O/c1-11-8-17(22)18(23)10-14(11)20(27)26-13-2-3-16(21)15(9-13)19(24)12-4-6-25-7-5-12/h2-10,24H,21-23H2,1H3,(H,26,27). The second kappa shape index (κ2) is 7.17. The molecule has 0 aliphatic heterocycles. The molecule has 0 spiro atoms. The molecule has 8 N–H and O–H groups in total. The average Bonchev–Trinajstić information content (AvgIpc) is 2.66. The van der Waals surface area contributed by atoms with Crippen molar-refractivity contribution in [3.8, 4) is 0 Å². The van der Waals surface area contributed by atoms with Gasteiger partial charge in [0.2, 0.25) is 0 Å². The summed E-state index contributed by atoms with van der Waals surface area (Å²) in [6, 6.07) is 11.7. The molecule has 0 aliphatic carbocycles. The van der Waals surface area contributed by atoms with Crippen LogP contribution in [0.3, 0.4) is 0 Å². The summed E-state index contributed by atoms with van der Waals surface area (Å²) in [6.45, 7) is 1.79. The maximum atomic E-state index is 12.6. The van der Waals surface area contributed by atoms with E-state index in [0.717, 1.165) is 5.56 Å². The number of hydrogen-bond donors (Lipinski definition) is 5. The summed E-state index contributed by atoms with van der Waals surface area (Å²) in [5.41, 5.74) is 22.0. The van der Waals surface area contributed by atoms with Gasteiger partial charge in [0.25, 0.3) is 5.91 Å². The van der Waals surface area contributed by atoms with Gasteiger partial charge in [-0.05, 0) is 55.0 Å². The van der Waals surface area contributed by atoms with E-state index in [0.29, 0.717) is 39.4 Å². The van der Waals surface area contributed by atoms with Gasteiger partial charge < -0.3 is 22.5 Å². The first-order valence-electron chi connectivity index (χ1n) is 8.22. The first-order valence-corrected chi connectivity index (χ1v) is 8.22. The summed E-state index contributed by atoms with van der Waals surface area (Å²) in [4.78, 5) is 16.6. The van der Waals surface area contributed by atoms with Gasteiger partial charge in [-0.2, -0.15) is 0 Å². The molecule has 1 amide bonds. The van der Waals surface area contributed by atoms with E-state index in [-0.39, 0.29) is 11.6 Å². The van der Waals surface area contributed by atoms with Crippen LogP contribution in [-0.4, -0.2) is 16.6 Å². The van der Waals surface area contributed by atoms with Crippen LogP contribution in [0.4, 0.5) is 22.7 Å². The highest BCUT2D eigenvalue weighted by Crippen LogP contribution is 2.24. The molecule has 136 valence electrons. The van der Waals surface area contributed by atoms with Gasteiger partial charge in [0.05, 0.1) is 17.1 Å². The lowest BCUT2D eigenvalue weighted by atomic mass is 10.0. The van der Waals surface area contributed by atoms with Crippen LogP contribution in [0, 0.1) is 12.3 Å². The van der Waals surface area contributed by atoms with E-state index in [4.69, 9.17) is 22.6 Å². The number of carbonyl (C=O) groups is 1. The molecule has 3 rings (SSSR count). The van der Waals surface area contributed by atoms with Crippen LogP contribution >= 0.6 is 0 Å². The zero-order valence-corrected chi connectivity index (χ0v) is 14.8. The Labute approximate surface area is 156 Å². The zero-order chi connectivity index (χ0) is 19.6. The third kappa shape index (κ3) is 3.72. The van der Waals surface area contributed by atoms with Gasteiger partial charge in [-0.3, -0.25) is 15.2 Å². The summed E-state index contributed by atoms with van der Waals surface area (Å²) >= 11 is 0. The smallest absolute Gasteiger partial charge is 0.256 e. The van der Waals surface area contributed by atoms with E-state index in [9.17, 15) is 4.79 Å². The van der Waals surface area contributed by atoms with E-state index < -0.39 is 0 Å². The number of aryl methyl sites for hydroxylation is 1. The highest BCUT2D eigenvalue weighted by molar-refractivity contribution is 6.15. The Balaban J connectivity index is 1.90. The van der Waals surface area contributed by atoms with Crippen molar-refractivity contribution < 1.29 is 4.79 Å². The SMILES string of the molecule is Cc1cc(N)c(N)cc1C(=O)Nc1ccc(N)c(C(=N)c2ccncc2)c1. The van der Waals surface area contributed by atoms with Crippen molar-refractivity contribution in [2.45, 2.75) is 6.92 Å². The predicted octanol–water partition coefficient (Wildman–Crippen LogP) is 2.81. The van der Waals surface area contributed by atoms with Crippen molar-refractivity contribution in [1.29, 1.82) is 5.41 Å². The molecule has 7 nitrogen and oxygen atoms in total. The molecule has 0 radical (unpaired) electrons. The monoisotopic (exact) mass is 360 g/mol. The molecule has 0 unspecified atom stereocenters. The highest BCUT2D eigenvalue weighted by atomic mass is 16.1. The predicted molar refractivity (Wildman–Crippen MR) is 109 cm³/mol. The van der Waals surface area contributed by atoms with E-state index >= 15 is 0 Å². The minimum absolute atomic E-state index is 0.249. The summed E-state index contributed by atoms with van der Waals surface area (Å²) in [7, 11) is 0. The Morgan fingerprint density at radius 1 is 0.926 bits per heavy atom. The minimum Gasteiger partial charge on any atom is -0.398 e. The minimum atomic E-state index is -0.314. The fourth-order valence-electron chi connectivity index (χ4n) is 2.71. The maximum Gasteiger partial charge on any atom is 0.256 e. The molecule has 0 saturated carbocycles. The van der Waals surface area contributed by atoms with Crippen molar-refractivity contribution in [2.75, 3.05) is 22.5 Å². The van der Waals surface area contributed by atoms with Crippen molar-refractivity contribution in [3.63, 3.8) is 0 Å². The molecular weight excluding hydrogens is 340 g/mol.